The first-order valence-corrected chi connectivity index (χ1v) is 7.74. The van der Waals surface area contributed by atoms with E-state index in [9.17, 15) is 9.90 Å². The summed E-state index contributed by atoms with van der Waals surface area (Å²) >= 11 is 1.71. The number of aliphatic carboxylic acids is 1. The second-order valence-electron chi connectivity index (χ2n) is 5.84. The molecule has 21 heavy (non-hydrogen) atoms. The van der Waals surface area contributed by atoms with Crippen LogP contribution in [0.4, 0.5) is 0 Å². The normalized spacial score (nSPS) is 11.6. The third-order valence-electron chi connectivity index (χ3n) is 3.15. The average Bonchev–Trinajstić information content (AvgIpc) is 2.38. The molecule has 0 amide bonds. The summed E-state index contributed by atoms with van der Waals surface area (Å²) in [6, 6.07) is 3.89. The van der Waals surface area contributed by atoms with Crippen molar-refractivity contribution < 1.29 is 19.4 Å². The molecular weight excluding hydrogens is 288 g/mol. The maximum Gasteiger partial charge on any atom is 0.309 e. The minimum absolute atomic E-state index is 0.349. The molecule has 1 rings (SSSR count). The molecule has 0 aliphatic carbocycles. The van der Waals surface area contributed by atoms with Crippen molar-refractivity contribution in [2.45, 2.75) is 44.3 Å². The van der Waals surface area contributed by atoms with Gasteiger partial charge in [-0.05, 0) is 32.4 Å². The molecule has 0 bridgehead atoms. The van der Waals surface area contributed by atoms with Crippen LogP contribution in [0, 0.1) is 5.41 Å². The highest BCUT2D eigenvalue weighted by molar-refractivity contribution is 7.99. The first-order valence-electron chi connectivity index (χ1n) is 6.86. The predicted octanol–water partition coefficient (Wildman–Crippen LogP) is 3.86. The third-order valence-corrected chi connectivity index (χ3v) is 4.13. The molecule has 0 saturated carbocycles. The minimum atomic E-state index is -0.882. The Balaban J connectivity index is 3.27. The van der Waals surface area contributed by atoms with Gasteiger partial charge in [-0.1, -0.05) is 13.8 Å². The maximum atomic E-state index is 11.4. The molecule has 0 heterocycles. The van der Waals surface area contributed by atoms with E-state index in [0.717, 1.165) is 10.5 Å². The Labute approximate surface area is 130 Å². The summed E-state index contributed by atoms with van der Waals surface area (Å²) in [6.45, 7) is 7.63. The highest BCUT2D eigenvalue weighted by Crippen LogP contribution is 2.39. The van der Waals surface area contributed by atoms with E-state index < -0.39 is 11.4 Å². The Morgan fingerprint density at radius 1 is 1.24 bits per heavy atom. The number of ether oxygens (including phenoxy) is 2. The number of hydrogen-bond donors (Lipinski definition) is 1. The molecule has 5 heteroatoms. The van der Waals surface area contributed by atoms with Gasteiger partial charge < -0.3 is 14.6 Å². The standard InChI is InChI=1S/C16H24O4S/c1-10(2)21-11-7-13(19-5)12(14(8-11)20-6)9-16(3,4)15(17)18/h7-8,10H,9H2,1-6H3,(H,17,18). The number of methoxy groups -OCH3 is 2. The van der Waals surface area contributed by atoms with Gasteiger partial charge >= 0.3 is 5.97 Å². The Morgan fingerprint density at radius 3 is 2.05 bits per heavy atom. The van der Waals surface area contributed by atoms with Crippen molar-refractivity contribution in [3.8, 4) is 11.5 Å². The highest BCUT2D eigenvalue weighted by Gasteiger charge is 2.30. The van der Waals surface area contributed by atoms with E-state index in [-0.39, 0.29) is 0 Å². The van der Waals surface area contributed by atoms with E-state index in [0.29, 0.717) is 23.2 Å². The SMILES string of the molecule is COc1cc(SC(C)C)cc(OC)c1CC(C)(C)C(=O)O. The summed E-state index contributed by atoms with van der Waals surface area (Å²) in [6.07, 6.45) is 0.349. The van der Waals surface area contributed by atoms with Gasteiger partial charge in [-0.2, -0.15) is 0 Å². The van der Waals surface area contributed by atoms with Crippen LogP contribution >= 0.6 is 11.8 Å². The van der Waals surface area contributed by atoms with Gasteiger partial charge in [0.25, 0.3) is 0 Å². The number of carboxylic acid groups (broad SMARTS) is 1. The molecule has 0 radical (unpaired) electrons. The Hall–Kier alpha value is -1.36. The average molecular weight is 312 g/mol. The molecule has 0 aromatic heterocycles. The quantitative estimate of drug-likeness (QED) is 0.775. The van der Waals surface area contributed by atoms with Crippen LogP contribution in [0.1, 0.15) is 33.3 Å². The Kier molecular flexibility index (Phi) is 5.96. The Morgan fingerprint density at radius 2 is 1.71 bits per heavy atom. The van der Waals surface area contributed by atoms with Crippen LogP contribution < -0.4 is 9.47 Å². The van der Waals surface area contributed by atoms with Crippen molar-refractivity contribution in [3.05, 3.63) is 17.7 Å². The van der Waals surface area contributed by atoms with Gasteiger partial charge in [0, 0.05) is 15.7 Å². The number of hydrogen-bond acceptors (Lipinski definition) is 4. The largest absolute Gasteiger partial charge is 0.496 e. The first kappa shape index (κ1) is 17.7. The fourth-order valence-corrected chi connectivity index (χ4v) is 2.89. The number of carbonyl (C=O) groups is 1. The highest BCUT2D eigenvalue weighted by atomic mass is 32.2. The zero-order valence-corrected chi connectivity index (χ0v) is 14.3. The van der Waals surface area contributed by atoms with E-state index in [4.69, 9.17) is 9.47 Å². The zero-order valence-electron chi connectivity index (χ0n) is 13.5. The van der Waals surface area contributed by atoms with Crippen molar-refractivity contribution in [2.24, 2.45) is 5.41 Å². The summed E-state index contributed by atoms with van der Waals surface area (Å²) in [5.41, 5.74) is -0.0895. The summed E-state index contributed by atoms with van der Waals surface area (Å²) in [7, 11) is 3.19. The molecule has 4 nitrogen and oxygen atoms in total. The van der Waals surface area contributed by atoms with Crippen molar-refractivity contribution in [1.29, 1.82) is 0 Å². The van der Waals surface area contributed by atoms with Crippen LogP contribution in [0.25, 0.3) is 0 Å². The molecule has 0 atom stereocenters. The predicted molar refractivity (Wildman–Crippen MR) is 85.7 cm³/mol. The van der Waals surface area contributed by atoms with Crippen LogP contribution in [-0.2, 0) is 11.2 Å². The number of thioether (sulfide) groups is 1. The van der Waals surface area contributed by atoms with Gasteiger partial charge in [-0.25, -0.2) is 0 Å². The monoisotopic (exact) mass is 312 g/mol. The number of benzene rings is 1. The molecule has 0 aliphatic rings. The van der Waals surface area contributed by atoms with Crippen LogP contribution in [0.5, 0.6) is 11.5 Å². The summed E-state index contributed by atoms with van der Waals surface area (Å²) in [4.78, 5) is 12.4. The second-order valence-corrected chi connectivity index (χ2v) is 7.49. The molecule has 0 aliphatic heterocycles. The summed E-state index contributed by atoms with van der Waals surface area (Å²) in [5, 5.41) is 9.76. The van der Waals surface area contributed by atoms with Gasteiger partial charge in [0.15, 0.2) is 0 Å². The number of rotatable bonds is 7. The molecule has 1 aromatic carbocycles. The molecule has 1 N–H and O–H groups in total. The van der Waals surface area contributed by atoms with Crippen molar-refractivity contribution >= 4 is 17.7 Å². The second kappa shape index (κ2) is 7.07. The maximum absolute atomic E-state index is 11.4. The first-order chi connectivity index (χ1) is 9.71. The van der Waals surface area contributed by atoms with Gasteiger partial charge in [-0.15, -0.1) is 11.8 Å². The van der Waals surface area contributed by atoms with E-state index in [1.165, 1.54) is 0 Å². The van der Waals surface area contributed by atoms with Crippen molar-refractivity contribution in [3.63, 3.8) is 0 Å². The topological polar surface area (TPSA) is 55.8 Å². The molecule has 0 fully saturated rings. The van der Waals surface area contributed by atoms with E-state index in [1.54, 1.807) is 39.8 Å². The summed E-state index contributed by atoms with van der Waals surface area (Å²) < 4.78 is 10.9. The summed E-state index contributed by atoms with van der Waals surface area (Å²) in [5.74, 6) is 0.505. The number of carboxylic acids is 1. The van der Waals surface area contributed by atoms with Crippen LogP contribution in [-0.4, -0.2) is 30.5 Å². The lowest BCUT2D eigenvalue weighted by molar-refractivity contribution is -0.146. The lowest BCUT2D eigenvalue weighted by atomic mass is 9.85. The van der Waals surface area contributed by atoms with Crippen molar-refractivity contribution in [1.82, 2.24) is 0 Å². The van der Waals surface area contributed by atoms with E-state index in [1.807, 2.05) is 12.1 Å². The van der Waals surface area contributed by atoms with E-state index in [2.05, 4.69) is 13.8 Å². The molecule has 0 spiro atoms. The van der Waals surface area contributed by atoms with Crippen LogP contribution in [0.3, 0.4) is 0 Å². The Bertz CT molecular complexity index is 484. The molecule has 0 unspecified atom stereocenters. The molecule has 1 aromatic rings. The zero-order chi connectivity index (χ0) is 16.2. The fourth-order valence-electron chi connectivity index (χ4n) is 1.99. The molecule has 118 valence electrons. The van der Waals surface area contributed by atoms with Gasteiger partial charge in [0.2, 0.25) is 0 Å². The van der Waals surface area contributed by atoms with Gasteiger partial charge in [0.05, 0.1) is 19.6 Å². The molecule has 0 saturated heterocycles. The lowest BCUT2D eigenvalue weighted by Crippen LogP contribution is -2.26. The van der Waals surface area contributed by atoms with Gasteiger partial charge in [-0.3, -0.25) is 4.79 Å². The van der Waals surface area contributed by atoms with Crippen LogP contribution in [0.2, 0.25) is 0 Å². The lowest BCUT2D eigenvalue weighted by Gasteiger charge is -2.23. The third kappa shape index (κ3) is 4.56. The van der Waals surface area contributed by atoms with E-state index >= 15 is 0 Å². The minimum Gasteiger partial charge on any atom is -0.496 e. The van der Waals surface area contributed by atoms with Crippen LogP contribution in [0.15, 0.2) is 17.0 Å². The smallest absolute Gasteiger partial charge is 0.309 e. The molecular formula is C16H24O4S. The van der Waals surface area contributed by atoms with Crippen molar-refractivity contribution in [2.75, 3.05) is 14.2 Å². The van der Waals surface area contributed by atoms with Gasteiger partial charge in [0.1, 0.15) is 11.5 Å². The fraction of sp³-hybridized carbons (Fsp3) is 0.562.